The van der Waals surface area contributed by atoms with Gasteiger partial charge in [-0.25, -0.2) is 0 Å². The number of ether oxygens (including phenoxy) is 5. The lowest BCUT2D eigenvalue weighted by molar-refractivity contribution is -0.328. The summed E-state index contributed by atoms with van der Waals surface area (Å²) in [5.74, 6) is -5.93. The predicted molar refractivity (Wildman–Crippen MR) is 140 cm³/mol. The Hall–Kier alpha value is -2.14. The highest BCUT2D eigenvalue weighted by molar-refractivity contribution is 5.97. The van der Waals surface area contributed by atoms with E-state index in [1.54, 1.807) is 13.8 Å². The van der Waals surface area contributed by atoms with Gasteiger partial charge in [-0.15, -0.1) is 0 Å². The first-order valence-electron chi connectivity index (χ1n) is 15.1. The van der Waals surface area contributed by atoms with Crippen molar-refractivity contribution >= 4 is 23.5 Å². The van der Waals surface area contributed by atoms with E-state index in [0.29, 0.717) is 12.8 Å². The second-order valence-electron chi connectivity index (χ2n) is 14.2. The number of Topliss-reactive ketones (excluding diaryl/α,β-unsaturated/α-hetero) is 2. The summed E-state index contributed by atoms with van der Waals surface area (Å²) in [4.78, 5) is 54.1. The van der Waals surface area contributed by atoms with E-state index < -0.39 is 82.4 Å². The normalized spacial score (nSPS) is 50.9. The van der Waals surface area contributed by atoms with Crippen molar-refractivity contribution in [2.45, 2.75) is 115 Å². The van der Waals surface area contributed by atoms with Crippen LogP contribution in [0.2, 0.25) is 0 Å². The van der Waals surface area contributed by atoms with Crippen LogP contribution in [-0.4, -0.2) is 76.6 Å². The van der Waals surface area contributed by atoms with Crippen LogP contribution >= 0.6 is 0 Å². The standard InChI is InChI=1S/C31H40O10/c1-7-37-19(33)11-18-15-12-30-9-8-29(6)24-20(13(2)25(29)34)23-22(14(3)27(36)38-23)40-31(24,41-30)26(35)21(30)17(32)10-16(15)28(4,5)39-18/h13-14,17-18,20-24,32H,7-12H2,1-6H3. The molecule has 0 aromatic heterocycles. The van der Waals surface area contributed by atoms with E-state index in [-0.39, 0.29) is 43.4 Å². The van der Waals surface area contributed by atoms with Gasteiger partial charge in [0.15, 0.2) is 0 Å². The van der Waals surface area contributed by atoms with Gasteiger partial charge in [-0.2, -0.15) is 0 Å². The van der Waals surface area contributed by atoms with E-state index in [9.17, 15) is 24.3 Å². The molecule has 2 aliphatic carbocycles. The number of esters is 2. The molecule has 5 heterocycles. The van der Waals surface area contributed by atoms with Crippen LogP contribution in [0.25, 0.3) is 0 Å². The number of ketones is 2. The number of aliphatic hydroxyl groups excluding tert-OH is 1. The van der Waals surface area contributed by atoms with E-state index in [1.165, 1.54) is 0 Å². The van der Waals surface area contributed by atoms with Gasteiger partial charge in [0, 0.05) is 29.6 Å². The predicted octanol–water partition coefficient (Wildman–Crippen LogP) is 2.43. The molecule has 4 saturated heterocycles. The Morgan fingerprint density at radius 1 is 1.02 bits per heavy atom. The summed E-state index contributed by atoms with van der Waals surface area (Å²) in [5, 5.41) is 11.8. The van der Waals surface area contributed by atoms with Gasteiger partial charge in [-0.3, -0.25) is 19.2 Å². The fourth-order valence-electron chi connectivity index (χ4n) is 9.93. The Bertz CT molecular complexity index is 1290. The smallest absolute Gasteiger partial charge is 0.311 e. The van der Waals surface area contributed by atoms with Crippen molar-refractivity contribution in [2.75, 3.05) is 6.61 Å². The van der Waals surface area contributed by atoms with Crippen LogP contribution < -0.4 is 0 Å². The second kappa shape index (κ2) is 8.49. The van der Waals surface area contributed by atoms with Gasteiger partial charge in [0.25, 0.3) is 0 Å². The molecule has 0 aromatic carbocycles. The van der Waals surface area contributed by atoms with Crippen LogP contribution in [0, 0.1) is 35.0 Å². The Balaban J connectivity index is 1.36. The molecule has 41 heavy (non-hydrogen) atoms. The Morgan fingerprint density at radius 3 is 2.46 bits per heavy atom. The third-order valence-corrected chi connectivity index (χ3v) is 11.7. The molecular formula is C31H40O10. The van der Waals surface area contributed by atoms with E-state index in [1.807, 2.05) is 27.7 Å². The minimum absolute atomic E-state index is 0.0155. The van der Waals surface area contributed by atoms with Crippen LogP contribution in [0.1, 0.15) is 73.6 Å². The molecule has 10 heteroatoms. The zero-order chi connectivity index (χ0) is 29.4. The van der Waals surface area contributed by atoms with Gasteiger partial charge >= 0.3 is 11.9 Å². The molecule has 0 radical (unpaired) electrons. The Kier molecular flexibility index (Phi) is 5.73. The summed E-state index contributed by atoms with van der Waals surface area (Å²) < 4.78 is 31.1. The molecule has 5 aliphatic heterocycles. The third kappa shape index (κ3) is 3.33. The van der Waals surface area contributed by atoms with Crippen LogP contribution in [0.5, 0.6) is 0 Å². The van der Waals surface area contributed by atoms with Crippen molar-refractivity contribution in [3.8, 4) is 0 Å². The molecule has 10 nitrogen and oxygen atoms in total. The zero-order valence-electron chi connectivity index (χ0n) is 24.6. The lowest BCUT2D eigenvalue weighted by atomic mass is 9.61. The quantitative estimate of drug-likeness (QED) is 0.397. The monoisotopic (exact) mass is 572 g/mol. The second-order valence-corrected chi connectivity index (χ2v) is 14.2. The maximum absolute atomic E-state index is 14.8. The summed E-state index contributed by atoms with van der Waals surface area (Å²) in [6, 6.07) is 0. The van der Waals surface area contributed by atoms with Crippen molar-refractivity contribution in [2.24, 2.45) is 35.0 Å². The van der Waals surface area contributed by atoms with Crippen molar-refractivity contribution in [3.05, 3.63) is 11.1 Å². The summed E-state index contributed by atoms with van der Waals surface area (Å²) in [5.41, 5.74) is -1.12. The number of fused-ring (bicyclic) bond motifs is 2. The summed E-state index contributed by atoms with van der Waals surface area (Å²) in [6.07, 6.45) is -1.75. The fourth-order valence-corrected chi connectivity index (χ4v) is 9.93. The lowest BCUT2D eigenvalue weighted by Gasteiger charge is -2.50. The minimum Gasteiger partial charge on any atom is -0.466 e. The average Bonchev–Trinajstić information content (AvgIpc) is 3.39. The van der Waals surface area contributed by atoms with Gasteiger partial charge in [0.05, 0.1) is 48.3 Å². The van der Waals surface area contributed by atoms with E-state index in [0.717, 1.165) is 11.1 Å². The van der Waals surface area contributed by atoms with Gasteiger partial charge in [-0.1, -0.05) is 13.8 Å². The van der Waals surface area contributed by atoms with Crippen molar-refractivity contribution in [1.29, 1.82) is 0 Å². The molecule has 0 amide bonds. The van der Waals surface area contributed by atoms with Crippen LogP contribution in [0.4, 0.5) is 0 Å². The maximum atomic E-state index is 14.8. The number of hydrogen-bond donors (Lipinski definition) is 1. The SMILES string of the molecule is CCOC(=O)CC1OC(C)(C)C2=C1CC13CCC4(C)C(=O)C(C)C5C6OC(=O)C(C)C6OC(O1)(C(=O)C3C(O)C2)C54. The molecule has 12 atom stereocenters. The molecule has 5 fully saturated rings. The topological polar surface area (TPSA) is 135 Å². The maximum Gasteiger partial charge on any atom is 0.311 e. The van der Waals surface area contributed by atoms with E-state index in [2.05, 4.69) is 0 Å². The van der Waals surface area contributed by atoms with Gasteiger partial charge in [0.1, 0.15) is 18.0 Å². The van der Waals surface area contributed by atoms with Gasteiger partial charge in [0.2, 0.25) is 11.6 Å². The van der Waals surface area contributed by atoms with Crippen LogP contribution in [0.3, 0.4) is 0 Å². The molecule has 1 N–H and O–H groups in total. The number of aliphatic hydroxyl groups is 1. The van der Waals surface area contributed by atoms with E-state index in [4.69, 9.17) is 23.7 Å². The molecule has 7 aliphatic rings. The first-order chi connectivity index (χ1) is 19.2. The van der Waals surface area contributed by atoms with E-state index >= 15 is 0 Å². The number of rotatable bonds is 3. The molecule has 7 rings (SSSR count). The highest BCUT2D eigenvalue weighted by Crippen LogP contribution is 2.69. The Morgan fingerprint density at radius 2 is 1.76 bits per heavy atom. The Labute approximate surface area is 239 Å². The molecule has 12 unspecified atom stereocenters. The number of carbonyl (C=O) groups excluding carboxylic acids is 4. The highest BCUT2D eigenvalue weighted by atomic mass is 16.7. The highest BCUT2D eigenvalue weighted by Gasteiger charge is 2.81. The third-order valence-electron chi connectivity index (χ3n) is 11.7. The van der Waals surface area contributed by atoms with Crippen molar-refractivity contribution < 1.29 is 48.0 Å². The van der Waals surface area contributed by atoms with Crippen molar-refractivity contribution in [1.82, 2.24) is 0 Å². The molecule has 0 aromatic rings. The summed E-state index contributed by atoms with van der Waals surface area (Å²) in [6.45, 7) is 11.3. The average molecular weight is 573 g/mol. The largest absolute Gasteiger partial charge is 0.466 e. The summed E-state index contributed by atoms with van der Waals surface area (Å²) in [7, 11) is 0. The summed E-state index contributed by atoms with van der Waals surface area (Å²) >= 11 is 0. The lowest BCUT2D eigenvalue weighted by Crippen LogP contribution is -2.63. The van der Waals surface area contributed by atoms with Crippen molar-refractivity contribution in [3.63, 3.8) is 0 Å². The molecule has 1 saturated carbocycles. The number of hydrogen-bond acceptors (Lipinski definition) is 10. The zero-order valence-corrected chi connectivity index (χ0v) is 24.6. The van der Waals surface area contributed by atoms with Crippen LogP contribution in [-0.2, 0) is 42.9 Å². The first-order valence-corrected chi connectivity index (χ1v) is 15.1. The molecular weight excluding hydrogens is 532 g/mol. The van der Waals surface area contributed by atoms with Crippen LogP contribution in [0.15, 0.2) is 11.1 Å². The first kappa shape index (κ1) is 27.7. The van der Waals surface area contributed by atoms with Gasteiger partial charge < -0.3 is 28.8 Å². The van der Waals surface area contributed by atoms with Gasteiger partial charge in [-0.05, 0) is 58.1 Å². The number of carbonyl (C=O) groups is 4. The molecule has 2 bridgehead atoms. The molecule has 2 spiro atoms. The fraction of sp³-hybridized carbons (Fsp3) is 0.806. The molecule has 224 valence electrons. The minimum atomic E-state index is -1.78.